The molecule has 0 bridgehead atoms. The van der Waals surface area contributed by atoms with Crippen LogP contribution in [0.2, 0.25) is 0 Å². The van der Waals surface area contributed by atoms with Gasteiger partial charge in [0.15, 0.2) is 17.3 Å². The molecule has 0 saturated heterocycles. The van der Waals surface area contributed by atoms with Gasteiger partial charge in [-0.25, -0.2) is 0 Å². The number of rotatable bonds is 4. The summed E-state index contributed by atoms with van der Waals surface area (Å²) >= 11 is 0. The molecule has 0 saturated carbocycles. The van der Waals surface area contributed by atoms with E-state index in [1.54, 1.807) is 6.07 Å². The van der Waals surface area contributed by atoms with E-state index in [-0.39, 0.29) is 35.4 Å². The Morgan fingerprint density at radius 1 is 1.30 bits per heavy atom. The molecule has 2 rings (SSSR count). The van der Waals surface area contributed by atoms with E-state index < -0.39 is 0 Å². The van der Waals surface area contributed by atoms with Crippen LogP contribution >= 0.6 is 0 Å². The molecule has 0 aliphatic carbocycles. The second-order valence-electron chi connectivity index (χ2n) is 4.76. The van der Waals surface area contributed by atoms with Gasteiger partial charge in [-0.05, 0) is 24.1 Å². The van der Waals surface area contributed by atoms with Gasteiger partial charge in [0.1, 0.15) is 0 Å². The lowest BCUT2D eigenvalue weighted by atomic mass is 10.1. The standard InChI is InChI=1S/C14H16N2O4/c1-8(2)11-6-10(20-16-11)7-15-14(19)9-3-4-12(17)13(18)5-9/h3-6,8,17-18H,7H2,1-2H3,(H,15,19). The average Bonchev–Trinajstić information content (AvgIpc) is 2.88. The Labute approximate surface area is 116 Å². The largest absolute Gasteiger partial charge is 0.504 e. The molecule has 3 N–H and O–H groups in total. The SMILES string of the molecule is CC(C)c1cc(CNC(=O)c2ccc(O)c(O)c2)on1. The molecule has 0 atom stereocenters. The van der Waals surface area contributed by atoms with Crippen LogP contribution in [0.5, 0.6) is 11.5 Å². The minimum absolute atomic E-state index is 0.209. The Bertz CT molecular complexity index is 619. The molecule has 1 aromatic carbocycles. The molecule has 1 aromatic heterocycles. The third-order valence-corrected chi connectivity index (χ3v) is 2.83. The van der Waals surface area contributed by atoms with Crippen LogP contribution in [0.25, 0.3) is 0 Å². The fourth-order valence-electron chi connectivity index (χ4n) is 1.62. The van der Waals surface area contributed by atoms with Crippen molar-refractivity contribution in [3.63, 3.8) is 0 Å². The van der Waals surface area contributed by atoms with Gasteiger partial charge in [0.05, 0.1) is 12.2 Å². The number of carbonyl (C=O) groups excluding carboxylic acids is 1. The van der Waals surface area contributed by atoms with E-state index in [0.717, 1.165) is 5.69 Å². The summed E-state index contributed by atoms with van der Waals surface area (Å²) in [6.07, 6.45) is 0. The normalized spacial score (nSPS) is 10.8. The second kappa shape index (κ2) is 5.64. The van der Waals surface area contributed by atoms with Crippen molar-refractivity contribution in [3.05, 3.63) is 41.3 Å². The summed E-state index contributed by atoms with van der Waals surface area (Å²) in [5.74, 6) is -0.150. The maximum absolute atomic E-state index is 11.9. The molecule has 0 radical (unpaired) electrons. The minimum atomic E-state index is -0.372. The Morgan fingerprint density at radius 2 is 2.05 bits per heavy atom. The van der Waals surface area contributed by atoms with Crippen LogP contribution in [0.3, 0.4) is 0 Å². The lowest BCUT2D eigenvalue weighted by Crippen LogP contribution is -2.22. The van der Waals surface area contributed by atoms with Crippen LogP contribution in [0.1, 0.15) is 41.6 Å². The predicted molar refractivity (Wildman–Crippen MR) is 71.5 cm³/mol. The molecule has 0 fully saturated rings. The van der Waals surface area contributed by atoms with Crippen LogP contribution in [0, 0.1) is 0 Å². The molecule has 6 heteroatoms. The molecule has 0 aliphatic heterocycles. The number of phenols is 2. The zero-order valence-corrected chi connectivity index (χ0v) is 11.3. The first-order valence-electron chi connectivity index (χ1n) is 6.23. The van der Waals surface area contributed by atoms with Gasteiger partial charge in [-0.2, -0.15) is 0 Å². The minimum Gasteiger partial charge on any atom is -0.504 e. The van der Waals surface area contributed by atoms with Crippen LogP contribution in [-0.2, 0) is 6.54 Å². The van der Waals surface area contributed by atoms with Gasteiger partial charge in [-0.15, -0.1) is 0 Å². The van der Waals surface area contributed by atoms with E-state index in [0.29, 0.717) is 5.76 Å². The maximum atomic E-state index is 11.9. The number of nitrogens with zero attached hydrogens (tertiary/aromatic N) is 1. The van der Waals surface area contributed by atoms with E-state index >= 15 is 0 Å². The number of nitrogens with one attached hydrogen (secondary N) is 1. The average molecular weight is 276 g/mol. The van der Waals surface area contributed by atoms with Crippen molar-refractivity contribution in [2.45, 2.75) is 26.3 Å². The number of hydrogen-bond acceptors (Lipinski definition) is 5. The monoisotopic (exact) mass is 276 g/mol. The molecule has 1 heterocycles. The van der Waals surface area contributed by atoms with E-state index in [1.807, 2.05) is 13.8 Å². The fourth-order valence-corrected chi connectivity index (χ4v) is 1.62. The van der Waals surface area contributed by atoms with Gasteiger partial charge in [-0.1, -0.05) is 19.0 Å². The maximum Gasteiger partial charge on any atom is 0.251 e. The smallest absolute Gasteiger partial charge is 0.251 e. The van der Waals surface area contributed by atoms with E-state index in [4.69, 9.17) is 4.52 Å². The highest BCUT2D eigenvalue weighted by atomic mass is 16.5. The van der Waals surface area contributed by atoms with Crippen molar-refractivity contribution in [1.29, 1.82) is 0 Å². The highest BCUT2D eigenvalue weighted by Gasteiger charge is 2.11. The van der Waals surface area contributed by atoms with Gasteiger partial charge < -0.3 is 20.1 Å². The number of aromatic nitrogens is 1. The topological polar surface area (TPSA) is 95.6 Å². The summed E-state index contributed by atoms with van der Waals surface area (Å²) in [5.41, 5.74) is 1.08. The first-order chi connectivity index (χ1) is 9.47. The van der Waals surface area contributed by atoms with Crippen LogP contribution < -0.4 is 5.32 Å². The van der Waals surface area contributed by atoms with Crippen molar-refractivity contribution in [2.24, 2.45) is 0 Å². The quantitative estimate of drug-likeness (QED) is 0.743. The Balaban J connectivity index is 1.99. The van der Waals surface area contributed by atoms with Gasteiger partial charge in [-0.3, -0.25) is 4.79 Å². The summed E-state index contributed by atoms with van der Waals surface area (Å²) in [6.45, 7) is 4.21. The molecule has 6 nitrogen and oxygen atoms in total. The lowest BCUT2D eigenvalue weighted by Gasteiger charge is -2.04. The number of benzene rings is 1. The molecule has 106 valence electrons. The highest BCUT2D eigenvalue weighted by Crippen LogP contribution is 2.24. The number of carbonyl (C=O) groups is 1. The molecule has 20 heavy (non-hydrogen) atoms. The summed E-state index contributed by atoms with van der Waals surface area (Å²) in [4.78, 5) is 11.9. The number of hydrogen-bond donors (Lipinski definition) is 3. The van der Waals surface area contributed by atoms with E-state index in [2.05, 4.69) is 10.5 Å². The molecule has 2 aromatic rings. The van der Waals surface area contributed by atoms with E-state index in [9.17, 15) is 15.0 Å². The first-order valence-corrected chi connectivity index (χ1v) is 6.23. The summed E-state index contributed by atoms with van der Waals surface area (Å²) < 4.78 is 5.10. The number of aromatic hydroxyl groups is 2. The zero-order chi connectivity index (χ0) is 14.7. The molecule has 0 unspecified atom stereocenters. The fraction of sp³-hybridized carbons (Fsp3) is 0.286. The van der Waals surface area contributed by atoms with Gasteiger partial charge in [0, 0.05) is 11.6 Å². The zero-order valence-electron chi connectivity index (χ0n) is 11.3. The van der Waals surface area contributed by atoms with Crippen molar-refractivity contribution >= 4 is 5.91 Å². The lowest BCUT2D eigenvalue weighted by molar-refractivity contribution is 0.0946. The van der Waals surface area contributed by atoms with Crippen molar-refractivity contribution < 1.29 is 19.5 Å². The summed E-state index contributed by atoms with van der Waals surface area (Å²) in [5, 5.41) is 25.1. The summed E-state index contributed by atoms with van der Waals surface area (Å²) in [7, 11) is 0. The van der Waals surface area contributed by atoms with Gasteiger partial charge >= 0.3 is 0 Å². The van der Waals surface area contributed by atoms with Crippen molar-refractivity contribution in [1.82, 2.24) is 10.5 Å². The molecular formula is C14H16N2O4. The second-order valence-corrected chi connectivity index (χ2v) is 4.76. The van der Waals surface area contributed by atoms with Crippen LogP contribution in [0.15, 0.2) is 28.8 Å². The predicted octanol–water partition coefficient (Wildman–Crippen LogP) is 2.14. The van der Waals surface area contributed by atoms with Gasteiger partial charge in [0.2, 0.25) is 0 Å². The summed E-state index contributed by atoms with van der Waals surface area (Å²) in [6, 6.07) is 5.67. The molecule has 0 spiro atoms. The molecule has 1 amide bonds. The Morgan fingerprint density at radius 3 is 2.65 bits per heavy atom. The van der Waals surface area contributed by atoms with E-state index in [1.165, 1.54) is 18.2 Å². The Kier molecular flexibility index (Phi) is 3.93. The van der Waals surface area contributed by atoms with Gasteiger partial charge in [0.25, 0.3) is 5.91 Å². The third kappa shape index (κ3) is 3.09. The third-order valence-electron chi connectivity index (χ3n) is 2.83. The molecular weight excluding hydrogens is 260 g/mol. The first kappa shape index (κ1) is 13.9. The van der Waals surface area contributed by atoms with Crippen molar-refractivity contribution in [3.8, 4) is 11.5 Å². The van der Waals surface area contributed by atoms with Crippen LogP contribution in [0.4, 0.5) is 0 Å². The van der Waals surface area contributed by atoms with Crippen molar-refractivity contribution in [2.75, 3.05) is 0 Å². The highest BCUT2D eigenvalue weighted by molar-refractivity contribution is 5.94. The molecule has 0 aliphatic rings. The number of amides is 1. The Hall–Kier alpha value is -2.50. The number of phenolic OH excluding ortho intramolecular Hbond substituents is 2. The van der Waals surface area contributed by atoms with Crippen LogP contribution in [-0.4, -0.2) is 21.3 Å².